The predicted octanol–water partition coefficient (Wildman–Crippen LogP) is 2.98. The number of aromatic carboxylic acids is 2. The highest BCUT2D eigenvalue weighted by Crippen LogP contribution is 2.31. The van der Waals surface area contributed by atoms with Crippen molar-refractivity contribution in [1.29, 1.82) is 0 Å². The van der Waals surface area contributed by atoms with E-state index in [1.165, 1.54) is 19.2 Å². The monoisotopic (exact) mass is 398 g/mol. The van der Waals surface area contributed by atoms with E-state index < -0.39 is 11.9 Å². The summed E-state index contributed by atoms with van der Waals surface area (Å²) in [5, 5.41) is 21.1. The van der Waals surface area contributed by atoms with E-state index in [9.17, 15) is 14.4 Å². The van der Waals surface area contributed by atoms with Gasteiger partial charge in [0, 0.05) is 5.56 Å². The van der Waals surface area contributed by atoms with Crippen molar-refractivity contribution in [2.75, 3.05) is 7.11 Å². The molecule has 0 spiro atoms. The third-order valence-corrected chi connectivity index (χ3v) is 4.63. The van der Waals surface area contributed by atoms with Crippen molar-refractivity contribution in [3.05, 3.63) is 64.1 Å². The van der Waals surface area contributed by atoms with E-state index in [1.54, 1.807) is 18.2 Å². The van der Waals surface area contributed by atoms with Crippen molar-refractivity contribution >= 4 is 46.5 Å². The first-order chi connectivity index (χ1) is 13.4. The van der Waals surface area contributed by atoms with Gasteiger partial charge in [-0.3, -0.25) is 4.79 Å². The SMILES string of the molecule is COc1ccccc1/C=C1\SC(=Nc2cc(C(=O)O)cc(C(=O)O)c2)NC1=O. The fourth-order valence-corrected chi connectivity index (χ4v) is 3.28. The number of carboxylic acid groups (broad SMARTS) is 2. The van der Waals surface area contributed by atoms with Gasteiger partial charge in [0.05, 0.1) is 28.8 Å². The maximum Gasteiger partial charge on any atom is 0.335 e. The number of amidine groups is 1. The number of ether oxygens (including phenoxy) is 1. The van der Waals surface area contributed by atoms with Crippen LogP contribution in [-0.2, 0) is 4.79 Å². The van der Waals surface area contributed by atoms with Crippen molar-refractivity contribution in [3.63, 3.8) is 0 Å². The molecule has 8 nitrogen and oxygen atoms in total. The number of carbonyl (C=O) groups is 3. The smallest absolute Gasteiger partial charge is 0.335 e. The number of benzene rings is 2. The Morgan fingerprint density at radius 3 is 2.36 bits per heavy atom. The molecule has 28 heavy (non-hydrogen) atoms. The molecule has 0 unspecified atom stereocenters. The average Bonchev–Trinajstić information content (AvgIpc) is 3.00. The second-order valence-corrected chi connectivity index (χ2v) is 6.63. The van der Waals surface area contributed by atoms with Crippen LogP contribution in [0.5, 0.6) is 5.75 Å². The summed E-state index contributed by atoms with van der Waals surface area (Å²) in [5.74, 6) is -2.31. The molecule has 2 aromatic rings. The summed E-state index contributed by atoms with van der Waals surface area (Å²) in [4.78, 5) is 39.2. The Morgan fingerprint density at radius 2 is 1.75 bits per heavy atom. The Hall–Kier alpha value is -3.59. The molecule has 0 radical (unpaired) electrons. The van der Waals surface area contributed by atoms with Gasteiger partial charge in [-0.05, 0) is 42.1 Å². The number of carbonyl (C=O) groups excluding carboxylic acids is 1. The lowest BCUT2D eigenvalue weighted by atomic mass is 10.1. The quantitative estimate of drug-likeness (QED) is 0.661. The van der Waals surface area contributed by atoms with Crippen molar-refractivity contribution in [1.82, 2.24) is 5.32 Å². The molecule has 1 fully saturated rings. The van der Waals surface area contributed by atoms with Crippen LogP contribution in [0.25, 0.3) is 6.08 Å². The van der Waals surface area contributed by atoms with Gasteiger partial charge in [0.1, 0.15) is 5.75 Å². The van der Waals surface area contributed by atoms with Gasteiger partial charge in [-0.1, -0.05) is 18.2 Å². The number of amides is 1. The summed E-state index contributed by atoms with van der Waals surface area (Å²) in [5.41, 5.74) is 0.403. The normalized spacial score (nSPS) is 16.2. The lowest BCUT2D eigenvalue weighted by molar-refractivity contribution is -0.115. The summed E-state index contributed by atoms with van der Waals surface area (Å²) in [6.07, 6.45) is 1.65. The number of methoxy groups -OCH3 is 1. The highest BCUT2D eigenvalue weighted by Gasteiger charge is 2.24. The van der Waals surface area contributed by atoms with Crippen LogP contribution in [0, 0.1) is 0 Å². The molecule has 0 aromatic heterocycles. The van der Waals surface area contributed by atoms with Crippen molar-refractivity contribution in [2.24, 2.45) is 4.99 Å². The van der Waals surface area contributed by atoms with Crippen LogP contribution in [0.3, 0.4) is 0 Å². The standard InChI is InChI=1S/C19H14N2O6S/c1-27-14-5-3-2-4-10(14)9-15-16(22)21-19(28-15)20-13-7-11(17(23)24)6-12(8-13)18(25)26/h2-9H,1H3,(H,23,24)(H,25,26)(H,20,21,22)/b15-9-. The van der Waals surface area contributed by atoms with E-state index in [0.717, 1.165) is 17.8 Å². The lowest BCUT2D eigenvalue weighted by Crippen LogP contribution is -2.19. The van der Waals surface area contributed by atoms with Gasteiger partial charge in [0.25, 0.3) is 5.91 Å². The summed E-state index contributed by atoms with van der Waals surface area (Å²) < 4.78 is 5.26. The van der Waals surface area contributed by atoms with Gasteiger partial charge in [-0.15, -0.1) is 0 Å². The molecule has 3 rings (SSSR count). The van der Waals surface area contributed by atoms with Gasteiger partial charge in [-0.25, -0.2) is 14.6 Å². The van der Waals surface area contributed by atoms with Crippen LogP contribution in [0.2, 0.25) is 0 Å². The molecule has 142 valence electrons. The molecule has 1 saturated heterocycles. The maximum atomic E-state index is 12.2. The Bertz CT molecular complexity index is 1010. The van der Waals surface area contributed by atoms with Gasteiger partial charge in [0.15, 0.2) is 5.17 Å². The maximum absolute atomic E-state index is 12.2. The van der Waals surface area contributed by atoms with Crippen LogP contribution in [0.15, 0.2) is 52.4 Å². The number of nitrogens with zero attached hydrogens (tertiary/aromatic N) is 1. The van der Waals surface area contributed by atoms with E-state index in [4.69, 9.17) is 14.9 Å². The molecule has 0 aliphatic carbocycles. The zero-order chi connectivity index (χ0) is 20.3. The largest absolute Gasteiger partial charge is 0.496 e. The van der Waals surface area contributed by atoms with E-state index in [0.29, 0.717) is 16.2 Å². The molecule has 0 bridgehead atoms. The van der Waals surface area contributed by atoms with Gasteiger partial charge in [0.2, 0.25) is 0 Å². The Balaban J connectivity index is 1.93. The molecular formula is C19H14N2O6S. The summed E-state index contributed by atoms with van der Waals surface area (Å²) in [7, 11) is 1.53. The number of para-hydroxylation sites is 1. The average molecular weight is 398 g/mol. The summed E-state index contributed by atoms with van der Waals surface area (Å²) in [6, 6.07) is 10.7. The Labute approximate surface area is 163 Å². The minimum absolute atomic E-state index is 0.110. The van der Waals surface area contributed by atoms with Gasteiger partial charge in [-0.2, -0.15) is 0 Å². The van der Waals surface area contributed by atoms with E-state index >= 15 is 0 Å². The molecule has 0 atom stereocenters. The van der Waals surface area contributed by atoms with Crippen molar-refractivity contribution in [2.45, 2.75) is 0 Å². The number of rotatable bonds is 5. The first-order valence-electron chi connectivity index (χ1n) is 7.91. The molecule has 1 heterocycles. The molecule has 3 N–H and O–H groups in total. The second kappa shape index (κ2) is 7.97. The van der Waals surface area contributed by atoms with Crippen molar-refractivity contribution < 1.29 is 29.3 Å². The first kappa shape index (κ1) is 19.2. The van der Waals surface area contributed by atoms with E-state index in [-0.39, 0.29) is 27.9 Å². The van der Waals surface area contributed by atoms with Gasteiger partial charge < -0.3 is 20.3 Å². The van der Waals surface area contributed by atoms with Crippen molar-refractivity contribution in [3.8, 4) is 5.75 Å². The number of nitrogens with one attached hydrogen (secondary N) is 1. The molecule has 1 aliphatic rings. The molecule has 0 saturated carbocycles. The lowest BCUT2D eigenvalue weighted by Gasteiger charge is -2.03. The highest BCUT2D eigenvalue weighted by molar-refractivity contribution is 8.18. The van der Waals surface area contributed by atoms with Crippen LogP contribution in [-0.4, -0.2) is 40.3 Å². The molecule has 9 heteroatoms. The van der Waals surface area contributed by atoms with Crippen LogP contribution >= 0.6 is 11.8 Å². The number of thioether (sulfide) groups is 1. The zero-order valence-corrected chi connectivity index (χ0v) is 15.3. The molecule has 1 aliphatic heterocycles. The Kier molecular flexibility index (Phi) is 5.46. The van der Waals surface area contributed by atoms with Crippen LogP contribution in [0.4, 0.5) is 5.69 Å². The van der Waals surface area contributed by atoms with Gasteiger partial charge >= 0.3 is 11.9 Å². The fourth-order valence-electron chi connectivity index (χ4n) is 2.45. The first-order valence-corrected chi connectivity index (χ1v) is 8.73. The van der Waals surface area contributed by atoms with E-state index in [2.05, 4.69) is 10.3 Å². The minimum atomic E-state index is -1.27. The number of aliphatic imine (C=N–C) groups is 1. The number of hydrogen-bond donors (Lipinski definition) is 3. The minimum Gasteiger partial charge on any atom is -0.496 e. The molecular weight excluding hydrogens is 384 g/mol. The third-order valence-electron chi connectivity index (χ3n) is 3.72. The van der Waals surface area contributed by atoms with E-state index in [1.807, 2.05) is 12.1 Å². The number of carboxylic acids is 2. The van der Waals surface area contributed by atoms with Crippen LogP contribution in [0.1, 0.15) is 26.3 Å². The Morgan fingerprint density at radius 1 is 1.11 bits per heavy atom. The number of hydrogen-bond acceptors (Lipinski definition) is 6. The molecule has 2 aromatic carbocycles. The topological polar surface area (TPSA) is 125 Å². The predicted molar refractivity (Wildman–Crippen MR) is 104 cm³/mol. The summed E-state index contributed by atoms with van der Waals surface area (Å²) >= 11 is 1.06. The zero-order valence-electron chi connectivity index (χ0n) is 14.5. The van der Waals surface area contributed by atoms with Crippen LogP contribution < -0.4 is 10.1 Å². The third kappa shape index (κ3) is 4.21. The fraction of sp³-hybridized carbons (Fsp3) is 0.0526. The second-order valence-electron chi connectivity index (χ2n) is 5.60. The summed E-state index contributed by atoms with van der Waals surface area (Å²) in [6.45, 7) is 0. The highest BCUT2D eigenvalue weighted by atomic mass is 32.2. The molecule has 1 amide bonds.